The number of rotatable bonds is 9. The number of fused-ring (bicyclic) bond motifs is 6. The van der Waals surface area contributed by atoms with Gasteiger partial charge in [0.1, 0.15) is 0 Å². The summed E-state index contributed by atoms with van der Waals surface area (Å²) in [7, 11) is 0. The normalized spacial score (nSPS) is 13.8. The molecule has 0 aromatic heterocycles. The minimum Gasteiger partial charge on any atom is -0.310 e. The van der Waals surface area contributed by atoms with Crippen LogP contribution in [-0.2, 0) is 5.41 Å². The minimum absolute atomic E-state index is 0.440. The summed E-state index contributed by atoms with van der Waals surface area (Å²) in [4.78, 5) is 2.53. The number of hydrogen-bond donors (Lipinski definition) is 0. The van der Waals surface area contributed by atoms with Gasteiger partial charge < -0.3 is 4.90 Å². The molecular formula is C70H49N. The van der Waals surface area contributed by atoms with Gasteiger partial charge in [-0.3, -0.25) is 0 Å². The van der Waals surface area contributed by atoms with E-state index in [9.17, 15) is 0 Å². The highest BCUT2D eigenvalue weighted by Crippen LogP contribution is 2.57. The molecule has 1 atom stereocenters. The van der Waals surface area contributed by atoms with Gasteiger partial charge in [0, 0.05) is 16.8 Å². The van der Waals surface area contributed by atoms with Crippen LogP contribution in [-0.4, -0.2) is 0 Å². The van der Waals surface area contributed by atoms with E-state index < -0.39 is 5.41 Å². The van der Waals surface area contributed by atoms with E-state index in [0.29, 0.717) is 0 Å². The van der Waals surface area contributed by atoms with Crippen LogP contribution in [0.4, 0.5) is 17.1 Å². The average Bonchev–Trinajstić information content (AvgIpc) is 3.73. The Morgan fingerprint density at radius 1 is 0.282 bits per heavy atom. The zero-order valence-corrected chi connectivity index (χ0v) is 39.5. The van der Waals surface area contributed by atoms with Gasteiger partial charge in [0.25, 0.3) is 0 Å². The Balaban J connectivity index is 1.08. The van der Waals surface area contributed by atoms with E-state index in [2.05, 4.69) is 291 Å². The molecule has 71 heavy (non-hydrogen) atoms. The Morgan fingerprint density at radius 2 is 0.746 bits per heavy atom. The summed E-state index contributed by atoms with van der Waals surface area (Å²) in [6.07, 6.45) is 0. The second-order valence-corrected chi connectivity index (χ2v) is 18.9. The molecule has 1 heteroatoms. The first-order chi connectivity index (χ1) is 35.1. The van der Waals surface area contributed by atoms with Crippen molar-refractivity contribution in [1.82, 2.24) is 0 Å². The zero-order valence-electron chi connectivity index (χ0n) is 39.5. The smallest absolute Gasteiger partial charge is 0.0512 e. The number of anilines is 3. The van der Waals surface area contributed by atoms with Crippen LogP contribution < -0.4 is 4.90 Å². The molecule has 0 N–H and O–H groups in total. The first-order valence-electron chi connectivity index (χ1n) is 24.7. The highest BCUT2D eigenvalue weighted by atomic mass is 15.1. The van der Waals surface area contributed by atoms with E-state index in [0.717, 1.165) is 39.3 Å². The summed E-state index contributed by atoms with van der Waals surface area (Å²) in [5, 5.41) is 4.98. The Bertz CT molecular complexity index is 3860. The fourth-order valence-electron chi connectivity index (χ4n) is 11.6. The standard InChI is InChI=1S/C70H49N/c1-70(56-32-15-6-16-33-56)65-39-20-19-36-61(65)63-38-22-40-66(69(63)70)71(58-45-54(48-23-7-2-8-24-48)43-55(46-58)49-25-9-3-10-26-49)57-34-21-31-52(44-57)53-41-42-60-59-35-17-18-37-62(59)67(50-27-11-4-12-28-50)68(64(60)47-53)51-29-13-5-14-30-51/h2-47H,1H3. The molecule has 0 radical (unpaired) electrons. The highest BCUT2D eigenvalue weighted by molar-refractivity contribution is 6.22. The fraction of sp³-hybridized carbons (Fsp3) is 0.0286. The second kappa shape index (κ2) is 17.5. The van der Waals surface area contributed by atoms with Crippen molar-refractivity contribution >= 4 is 38.6 Å². The molecule has 13 rings (SSSR count). The van der Waals surface area contributed by atoms with Crippen LogP contribution in [0.5, 0.6) is 0 Å². The minimum atomic E-state index is -0.440. The van der Waals surface area contributed by atoms with E-state index >= 15 is 0 Å². The van der Waals surface area contributed by atoms with Crippen molar-refractivity contribution in [3.8, 4) is 66.8 Å². The lowest BCUT2D eigenvalue weighted by Gasteiger charge is -2.35. The fourth-order valence-corrected chi connectivity index (χ4v) is 11.6. The number of benzene rings is 12. The summed E-state index contributed by atoms with van der Waals surface area (Å²) in [5.74, 6) is 0. The topological polar surface area (TPSA) is 3.24 Å². The summed E-state index contributed by atoms with van der Waals surface area (Å²) in [6.45, 7) is 2.42. The molecule has 0 heterocycles. The molecule has 0 saturated carbocycles. The quantitative estimate of drug-likeness (QED) is 0.130. The third-order valence-electron chi connectivity index (χ3n) is 14.9. The van der Waals surface area contributed by atoms with Crippen molar-refractivity contribution in [1.29, 1.82) is 0 Å². The van der Waals surface area contributed by atoms with Crippen LogP contribution in [0.15, 0.2) is 279 Å². The zero-order chi connectivity index (χ0) is 47.3. The average molecular weight is 904 g/mol. The molecule has 0 saturated heterocycles. The van der Waals surface area contributed by atoms with E-state index in [4.69, 9.17) is 0 Å². The van der Waals surface area contributed by atoms with Gasteiger partial charge in [-0.1, -0.05) is 237 Å². The third kappa shape index (κ3) is 7.17. The van der Waals surface area contributed by atoms with Gasteiger partial charge in [0.15, 0.2) is 0 Å². The summed E-state index contributed by atoms with van der Waals surface area (Å²) in [6, 6.07) is 103. The van der Waals surface area contributed by atoms with Crippen molar-refractivity contribution in [2.75, 3.05) is 4.90 Å². The van der Waals surface area contributed by atoms with Crippen molar-refractivity contribution in [3.05, 3.63) is 296 Å². The molecule has 334 valence electrons. The van der Waals surface area contributed by atoms with Gasteiger partial charge in [0.2, 0.25) is 0 Å². The summed E-state index contributed by atoms with van der Waals surface area (Å²) >= 11 is 0. The number of hydrogen-bond acceptors (Lipinski definition) is 1. The first-order valence-corrected chi connectivity index (χ1v) is 24.7. The van der Waals surface area contributed by atoms with E-state index in [1.807, 2.05) is 0 Å². The van der Waals surface area contributed by atoms with Gasteiger partial charge >= 0.3 is 0 Å². The Morgan fingerprint density at radius 3 is 1.39 bits per heavy atom. The van der Waals surface area contributed by atoms with Crippen molar-refractivity contribution in [2.45, 2.75) is 12.3 Å². The van der Waals surface area contributed by atoms with Gasteiger partial charge in [-0.25, -0.2) is 0 Å². The van der Waals surface area contributed by atoms with Gasteiger partial charge in [-0.2, -0.15) is 0 Å². The lowest BCUT2D eigenvalue weighted by molar-refractivity contribution is 0.714. The molecule has 0 fully saturated rings. The first kappa shape index (κ1) is 42.1. The molecule has 1 aliphatic rings. The Hall–Kier alpha value is -9.04. The van der Waals surface area contributed by atoms with Crippen LogP contribution in [0.1, 0.15) is 23.6 Å². The van der Waals surface area contributed by atoms with Gasteiger partial charge in [-0.05, 0) is 154 Å². The maximum atomic E-state index is 2.53. The van der Waals surface area contributed by atoms with Crippen LogP contribution >= 0.6 is 0 Å². The highest BCUT2D eigenvalue weighted by Gasteiger charge is 2.43. The lowest BCUT2D eigenvalue weighted by Crippen LogP contribution is -2.25. The van der Waals surface area contributed by atoms with Gasteiger partial charge in [0.05, 0.1) is 5.69 Å². The molecule has 12 aromatic rings. The van der Waals surface area contributed by atoms with Crippen molar-refractivity contribution in [2.24, 2.45) is 0 Å². The summed E-state index contributed by atoms with van der Waals surface area (Å²) < 4.78 is 0. The monoisotopic (exact) mass is 903 g/mol. The van der Waals surface area contributed by atoms with Crippen LogP contribution in [0.3, 0.4) is 0 Å². The second-order valence-electron chi connectivity index (χ2n) is 18.9. The maximum Gasteiger partial charge on any atom is 0.0512 e. The van der Waals surface area contributed by atoms with Crippen molar-refractivity contribution in [3.63, 3.8) is 0 Å². The third-order valence-corrected chi connectivity index (χ3v) is 14.9. The van der Waals surface area contributed by atoms with Crippen LogP contribution in [0.2, 0.25) is 0 Å². The Labute approximate surface area is 416 Å². The SMILES string of the molecule is CC1(c2ccccc2)c2ccccc2-c2cccc(N(c3cccc(-c4ccc5c(c4)c(-c4ccccc4)c(-c4ccccc4)c4ccccc45)c3)c3cc(-c4ccccc4)cc(-c4ccccc4)c3)c21. The largest absolute Gasteiger partial charge is 0.310 e. The number of nitrogens with zero attached hydrogens (tertiary/aromatic N) is 1. The lowest BCUT2D eigenvalue weighted by atomic mass is 9.73. The predicted molar refractivity (Wildman–Crippen MR) is 301 cm³/mol. The predicted octanol–water partition coefficient (Wildman–Crippen LogP) is 19.1. The molecule has 1 unspecified atom stereocenters. The van der Waals surface area contributed by atoms with E-state index in [1.165, 1.54) is 82.7 Å². The van der Waals surface area contributed by atoms with E-state index in [-0.39, 0.29) is 0 Å². The molecular weight excluding hydrogens is 855 g/mol. The maximum absolute atomic E-state index is 2.53. The van der Waals surface area contributed by atoms with Crippen molar-refractivity contribution < 1.29 is 0 Å². The molecule has 0 bridgehead atoms. The van der Waals surface area contributed by atoms with Crippen LogP contribution in [0, 0.1) is 0 Å². The molecule has 1 aliphatic carbocycles. The Kier molecular flexibility index (Phi) is 10.4. The van der Waals surface area contributed by atoms with Crippen LogP contribution in [0.25, 0.3) is 88.3 Å². The molecule has 0 amide bonds. The summed E-state index contributed by atoms with van der Waals surface area (Å²) in [5.41, 5.74) is 21.2. The van der Waals surface area contributed by atoms with E-state index in [1.54, 1.807) is 0 Å². The van der Waals surface area contributed by atoms with Gasteiger partial charge in [-0.15, -0.1) is 0 Å². The molecule has 12 aromatic carbocycles. The molecule has 0 spiro atoms. The molecule has 0 aliphatic heterocycles. The molecule has 1 nitrogen and oxygen atoms in total.